The summed E-state index contributed by atoms with van der Waals surface area (Å²) in [5.74, 6) is -0.776. The van der Waals surface area contributed by atoms with Crippen LogP contribution >= 0.6 is 0 Å². The monoisotopic (exact) mass is 240 g/mol. The fraction of sp³-hybridized carbons (Fsp3) is 0.455. The van der Waals surface area contributed by atoms with Crippen molar-refractivity contribution >= 4 is 5.97 Å². The van der Waals surface area contributed by atoms with Crippen LogP contribution in [-0.2, 0) is 4.74 Å². The maximum atomic E-state index is 13.4. The molecule has 92 valence electrons. The summed E-state index contributed by atoms with van der Waals surface area (Å²) in [7, 11) is 0. The van der Waals surface area contributed by atoms with Crippen LogP contribution in [0.15, 0.2) is 23.1 Å². The number of aromatic nitrogens is 1. The van der Waals surface area contributed by atoms with Crippen LogP contribution in [0.1, 0.15) is 16.8 Å². The molecule has 0 unspecified atom stereocenters. The predicted molar refractivity (Wildman–Crippen MR) is 58.6 cm³/mol. The molecule has 1 saturated heterocycles. The quantitative estimate of drug-likeness (QED) is 0.726. The minimum absolute atomic E-state index is 0.0989. The van der Waals surface area contributed by atoms with Crippen molar-refractivity contribution in [3.8, 4) is 0 Å². The summed E-state index contributed by atoms with van der Waals surface area (Å²) in [6.45, 7) is 0.770. The summed E-state index contributed by atoms with van der Waals surface area (Å²) in [4.78, 5) is 25.3. The van der Waals surface area contributed by atoms with E-state index in [2.05, 4.69) is 10.3 Å². The molecule has 1 aromatic heterocycles. The van der Waals surface area contributed by atoms with Crippen LogP contribution in [0.5, 0.6) is 0 Å². The second-order valence-electron chi connectivity index (χ2n) is 3.87. The van der Waals surface area contributed by atoms with E-state index in [4.69, 9.17) is 4.74 Å². The van der Waals surface area contributed by atoms with Gasteiger partial charge in [-0.05, 0) is 25.1 Å². The number of pyridine rings is 1. The third-order valence-corrected chi connectivity index (χ3v) is 2.64. The van der Waals surface area contributed by atoms with Crippen molar-refractivity contribution < 1.29 is 13.9 Å². The Morgan fingerprint density at radius 2 is 2.35 bits per heavy atom. The predicted octanol–water partition coefficient (Wildman–Crippen LogP) is 0.232. The van der Waals surface area contributed by atoms with Crippen LogP contribution in [0.2, 0.25) is 0 Å². The zero-order chi connectivity index (χ0) is 12.3. The molecule has 17 heavy (non-hydrogen) atoms. The number of aromatic amines is 1. The number of halogens is 1. The Morgan fingerprint density at radius 1 is 1.53 bits per heavy atom. The summed E-state index contributed by atoms with van der Waals surface area (Å²) in [6, 6.07) is 2.88. The van der Waals surface area contributed by atoms with Gasteiger partial charge >= 0.3 is 5.97 Å². The lowest BCUT2D eigenvalue weighted by atomic mass is 10.1. The van der Waals surface area contributed by atoms with Gasteiger partial charge in [-0.1, -0.05) is 0 Å². The van der Waals surface area contributed by atoms with Crippen LogP contribution in [0.3, 0.4) is 0 Å². The van der Waals surface area contributed by atoms with Crippen molar-refractivity contribution in [3.63, 3.8) is 0 Å². The highest BCUT2D eigenvalue weighted by molar-refractivity contribution is 5.89. The van der Waals surface area contributed by atoms with Gasteiger partial charge in [0.2, 0.25) is 0 Å². The standard InChI is InChI=1S/C11H13FN2O3/c12-8-6-13-5-3-9(8)17-11(16)7-2-1-4-14-10(7)15/h1-2,4,8-9,13H,3,5-6H2,(H,14,15)/t8-,9+/m0/s1. The van der Waals surface area contributed by atoms with Gasteiger partial charge in [0.05, 0.1) is 0 Å². The van der Waals surface area contributed by atoms with Crippen molar-refractivity contribution in [1.29, 1.82) is 0 Å². The molecule has 0 spiro atoms. The number of H-pyrrole nitrogens is 1. The zero-order valence-corrected chi connectivity index (χ0v) is 9.11. The lowest BCUT2D eigenvalue weighted by Crippen LogP contribution is -2.44. The van der Waals surface area contributed by atoms with Crippen LogP contribution in [0.4, 0.5) is 4.39 Å². The Kier molecular flexibility index (Phi) is 3.53. The van der Waals surface area contributed by atoms with Crippen molar-refractivity contribution in [3.05, 3.63) is 34.2 Å². The number of carbonyl (C=O) groups is 1. The van der Waals surface area contributed by atoms with Gasteiger partial charge in [-0.2, -0.15) is 0 Å². The molecule has 0 aromatic carbocycles. The number of hydrogen-bond acceptors (Lipinski definition) is 4. The lowest BCUT2D eigenvalue weighted by molar-refractivity contribution is -0.00382. The minimum atomic E-state index is -1.23. The van der Waals surface area contributed by atoms with E-state index >= 15 is 0 Å². The lowest BCUT2D eigenvalue weighted by Gasteiger charge is -2.26. The second kappa shape index (κ2) is 5.09. The third-order valence-electron chi connectivity index (χ3n) is 2.64. The zero-order valence-electron chi connectivity index (χ0n) is 9.11. The maximum Gasteiger partial charge on any atom is 0.344 e. The Morgan fingerprint density at radius 3 is 3.06 bits per heavy atom. The second-order valence-corrected chi connectivity index (χ2v) is 3.87. The van der Waals surface area contributed by atoms with Gasteiger partial charge in [0, 0.05) is 12.7 Å². The molecule has 0 saturated carbocycles. The van der Waals surface area contributed by atoms with Gasteiger partial charge in [-0.25, -0.2) is 9.18 Å². The summed E-state index contributed by atoms with van der Waals surface area (Å²) >= 11 is 0. The van der Waals surface area contributed by atoms with E-state index in [0.29, 0.717) is 13.0 Å². The van der Waals surface area contributed by atoms with E-state index in [1.165, 1.54) is 18.3 Å². The normalized spacial score (nSPS) is 24.3. The number of alkyl halides is 1. The molecule has 1 aromatic rings. The molecule has 0 bridgehead atoms. The van der Waals surface area contributed by atoms with Gasteiger partial charge in [0.15, 0.2) is 0 Å². The fourth-order valence-corrected chi connectivity index (χ4v) is 1.71. The summed E-state index contributed by atoms with van der Waals surface area (Å²) in [5.41, 5.74) is -0.625. The summed E-state index contributed by atoms with van der Waals surface area (Å²) < 4.78 is 18.4. The molecular weight excluding hydrogens is 227 g/mol. The van der Waals surface area contributed by atoms with E-state index < -0.39 is 23.8 Å². The molecule has 0 aliphatic carbocycles. The fourth-order valence-electron chi connectivity index (χ4n) is 1.71. The number of esters is 1. The molecule has 2 rings (SSSR count). The highest BCUT2D eigenvalue weighted by atomic mass is 19.1. The summed E-state index contributed by atoms with van der Waals surface area (Å²) in [5, 5.41) is 2.85. The first-order valence-corrected chi connectivity index (χ1v) is 5.42. The van der Waals surface area contributed by atoms with E-state index in [0.717, 1.165) is 0 Å². The first kappa shape index (κ1) is 11.8. The molecule has 0 amide bonds. The first-order valence-electron chi connectivity index (χ1n) is 5.42. The van der Waals surface area contributed by atoms with Crippen LogP contribution < -0.4 is 10.9 Å². The van der Waals surface area contributed by atoms with Crippen molar-refractivity contribution in [1.82, 2.24) is 10.3 Å². The van der Waals surface area contributed by atoms with Gasteiger partial charge in [-0.15, -0.1) is 0 Å². The number of rotatable bonds is 2. The van der Waals surface area contributed by atoms with Gasteiger partial charge in [0.25, 0.3) is 5.56 Å². The first-order chi connectivity index (χ1) is 8.18. The Hall–Kier alpha value is -1.69. The van der Waals surface area contributed by atoms with E-state index in [1.807, 2.05) is 0 Å². The van der Waals surface area contributed by atoms with Crippen LogP contribution in [0.25, 0.3) is 0 Å². The van der Waals surface area contributed by atoms with Crippen molar-refractivity contribution in [2.75, 3.05) is 13.1 Å². The number of carbonyl (C=O) groups excluding carboxylic acids is 1. The largest absolute Gasteiger partial charge is 0.455 e. The Balaban J connectivity index is 2.06. The Bertz CT molecular complexity index is 460. The molecule has 2 atom stereocenters. The van der Waals surface area contributed by atoms with Crippen LogP contribution in [-0.4, -0.2) is 36.3 Å². The highest BCUT2D eigenvalue weighted by Crippen LogP contribution is 2.13. The smallest absolute Gasteiger partial charge is 0.344 e. The van der Waals surface area contributed by atoms with Crippen LogP contribution in [0, 0.1) is 0 Å². The molecule has 0 radical (unpaired) electrons. The van der Waals surface area contributed by atoms with E-state index in [1.54, 1.807) is 0 Å². The molecule has 1 fully saturated rings. The summed E-state index contributed by atoms with van der Waals surface area (Å²) in [6.07, 6.45) is -0.168. The number of nitrogens with one attached hydrogen (secondary N) is 2. The van der Waals surface area contributed by atoms with Gasteiger partial charge < -0.3 is 15.0 Å². The highest BCUT2D eigenvalue weighted by Gasteiger charge is 2.28. The molecule has 1 aliphatic rings. The SMILES string of the molecule is O=C(O[C@@H]1CCNC[C@@H]1F)c1ccc[nH]c1=O. The van der Waals surface area contributed by atoms with E-state index in [9.17, 15) is 14.0 Å². The van der Waals surface area contributed by atoms with Gasteiger partial charge in [-0.3, -0.25) is 4.79 Å². The maximum absolute atomic E-state index is 13.4. The Labute approximate surface area is 97.0 Å². The average molecular weight is 240 g/mol. The third kappa shape index (κ3) is 2.71. The molecule has 2 heterocycles. The number of piperidine rings is 1. The molecule has 5 nitrogen and oxygen atoms in total. The van der Waals surface area contributed by atoms with Gasteiger partial charge in [0.1, 0.15) is 17.8 Å². The van der Waals surface area contributed by atoms with E-state index in [-0.39, 0.29) is 12.1 Å². The molecule has 6 heteroatoms. The molecular formula is C11H13FN2O3. The minimum Gasteiger partial charge on any atom is -0.455 e. The molecule has 2 N–H and O–H groups in total. The number of ether oxygens (including phenoxy) is 1. The average Bonchev–Trinajstić information content (AvgIpc) is 2.32. The topological polar surface area (TPSA) is 71.2 Å². The molecule has 1 aliphatic heterocycles. The van der Waals surface area contributed by atoms with Crippen molar-refractivity contribution in [2.24, 2.45) is 0 Å². The van der Waals surface area contributed by atoms with Crippen molar-refractivity contribution in [2.45, 2.75) is 18.7 Å². The number of hydrogen-bond donors (Lipinski definition) is 2.